The maximum Gasteiger partial charge on any atom is 0.264 e. The lowest BCUT2D eigenvalue weighted by molar-refractivity contribution is -0.115. The number of aliphatic imine (C=N–C) groups is 1. The van der Waals surface area contributed by atoms with Crippen LogP contribution < -0.4 is 10.1 Å². The summed E-state index contributed by atoms with van der Waals surface area (Å²) in [6.07, 6.45) is 1.69. The second kappa shape index (κ2) is 6.81. The first-order valence-electron chi connectivity index (χ1n) is 7.64. The Balaban J connectivity index is 1.59. The summed E-state index contributed by atoms with van der Waals surface area (Å²) < 4.78 is 6.07. The molecule has 1 aromatic heterocycles. The number of methoxy groups -OCH3 is 1. The van der Waals surface area contributed by atoms with Gasteiger partial charge in [-0.05, 0) is 47.7 Å². The van der Waals surface area contributed by atoms with E-state index in [0.717, 1.165) is 10.2 Å². The molecule has 1 amide bonds. The number of nitrogens with zero attached hydrogens (tertiary/aromatic N) is 2. The number of hydrogen-bond acceptors (Lipinski definition) is 7. The molecule has 0 unspecified atom stereocenters. The molecule has 8 heteroatoms. The average Bonchev–Trinajstić information content (AvgIpc) is 3.18. The number of carbonyl (C=O) groups excluding carboxylic acids is 1. The van der Waals surface area contributed by atoms with Crippen molar-refractivity contribution in [1.29, 1.82) is 0 Å². The van der Waals surface area contributed by atoms with Crippen molar-refractivity contribution in [3.63, 3.8) is 0 Å². The van der Waals surface area contributed by atoms with Crippen molar-refractivity contribution in [2.24, 2.45) is 4.99 Å². The van der Waals surface area contributed by atoms with Crippen molar-refractivity contribution in [3.05, 3.63) is 52.9 Å². The third kappa shape index (κ3) is 3.29. The Labute approximate surface area is 157 Å². The molecule has 0 radical (unpaired) electrons. The lowest BCUT2D eigenvalue weighted by atomic mass is 10.2. The molecule has 2 heterocycles. The smallest absolute Gasteiger partial charge is 0.264 e. The maximum atomic E-state index is 12.2. The number of carbonyl (C=O) groups is 1. The zero-order valence-electron chi connectivity index (χ0n) is 13.6. The molecule has 0 spiro atoms. The zero-order valence-corrected chi connectivity index (χ0v) is 15.2. The van der Waals surface area contributed by atoms with Crippen molar-refractivity contribution in [3.8, 4) is 11.5 Å². The molecule has 0 saturated carbocycles. The van der Waals surface area contributed by atoms with Gasteiger partial charge in [-0.15, -0.1) is 0 Å². The molecule has 1 fully saturated rings. The molecule has 0 aliphatic carbocycles. The Hall–Kier alpha value is -2.84. The summed E-state index contributed by atoms with van der Waals surface area (Å²) in [4.78, 5) is 21.5. The second-order valence-electron chi connectivity index (χ2n) is 5.38. The molecule has 2 N–H and O–H groups in total. The molecule has 130 valence electrons. The van der Waals surface area contributed by atoms with Crippen LogP contribution in [0.1, 0.15) is 5.56 Å². The summed E-state index contributed by atoms with van der Waals surface area (Å²) in [7, 11) is 1.48. The highest BCUT2D eigenvalue weighted by molar-refractivity contribution is 8.18. The van der Waals surface area contributed by atoms with Crippen molar-refractivity contribution in [2.75, 3.05) is 7.11 Å². The molecule has 1 aliphatic rings. The van der Waals surface area contributed by atoms with E-state index < -0.39 is 0 Å². The minimum Gasteiger partial charge on any atom is -0.504 e. The number of aromatic nitrogens is 1. The topological polar surface area (TPSA) is 83.8 Å². The van der Waals surface area contributed by atoms with Gasteiger partial charge in [0.25, 0.3) is 5.91 Å². The van der Waals surface area contributed by atoms with Crippen LogP contribution in [0, 0.1) is 0 Å². The number of hydrogen-bond donors (Lipinski definition) is 2. The molecule has 1 aliphatic heterocycles. The van der Waals surface area contributed by atoms with Crippen LogP contribution in [0.5, 0.6) is 11.5 Å². The third-order valence-electron chi connectivity index (χ3n) is 3.63. The van der Waals surface area contributed by atoms with E-state index in [1.807, 2.05) is 24.3 Å². The van der Waals surface area contributed by atoms with Gasteiger partial charge >= 0.3 is 0 Å². The summed E-state index contributed by atoms with van der Waals surface area (Å²) >= 11 is 2.71. The number of thioether (sulfide) groups is 1. The van der Waals surface area contributed by atoms with Crippen LogP contribution in [-0.2, 0) is 4.79 Å². The molecular weight excluding hydrogens is 370 g/mol. The first-order valence-corrected chi connectivity index (χ1v) is 9.28. The maximum absolute atomic E-state index is 12.2. The van der Waals surface area contributed by atoms with Gasteiger partial charge in [-0.3, -0.25) is 4.79 Å². The normalized spacial score (nSPS) is 17.2. The van der Waals surface area contributed by atoms with Crippen LogP contribution in [0.2, 0.25) is 0 Å². The summed E-state index contributed by atoms with van der Waals surface area (Å²) in [5.74, 6) is 0.174. The molecule has 6 nitrogen and oxygen atoms in total. The number of amides is 1. The van der Waals surface area contributed by atoms with Gasteiger partial charge in [0.15, 0.2) is 16.7 Å². The molecule has 4 rings (SSSR count). The van der Waals surface area contributed by atoms with Gasteiger partial charge < -0.3 is 15.2 Å². The van der Waals surface area contributed by atoms with Crippen molar-refractivity contribution in [1.82, 2.24) is 10.3 Å². The average molecular weight is 383 g/mol. The number of aromatic hydroxyl groups is 1. The fraction of sp³-hybridized carbons (Fsp3) is 0.0556. The summed E-state index contributed by atoms with van der Waals surface area (Å²) in [5, 5.41) is 13.7. The predicted octanol–water partition coefficient (Wildman–Crippen LogP) is 3.90. The number of ether oxygens (including phenoxy) is 1. The van der Waals surface area contributed by atoms with Crippen LogP contribution in [-0.4, -0.2) is 28.3 Å². The molecule has 2 aromatic carbocycles. The Morgan fingerprint density at radius 3 is 2.88 bits per heavy atom. The van der Waals surface area contributed by atoms with Crippen molar-refractivity contribution < 1.29 is 14.6 Å². The second-order valence-corrected chi connectivity index (χ2v) is 7.42. The minimum atomic E-state index is -0.231. The van der Waals surface area contributed by atoms with E-state index in [1.54, 1.807) is 24.3 Å². The molecule has 0 bridgehead atoms. The van der Waals surface area contributed by atoms with E-state index >= 15 is 0 Å². The number of amidine groups is 1. The first kappa shape index (κ1) is 16.6. The van der Waals surface area contributed by atoms with Crippen LogP contribution in [0.3, 0.4) is 0 Å². The van der Waals surface area contributed by atoms with Crippen LogP contribution in [0.25, 0.3) is 16.3 Å². The predicted molar refractivity (Wildman–Crippen MR) is 105 cm³/mol. The SMILES string of the molecule is COc1ccc(/C=C2\S/C(=N/c3nc4ccccc4s3)NC2=O)cc1O. The standard InChI is InChI=1S/C18H13N3O3S2/c1-24-13-7-6-10(8-12(13)22)9-15-16(23)20-18(26-15)21-17-19-11-4-2-3-5-14(11)25-17/h2-9,22H,1H3,(H,19,20,21,23)/b15-9-. The van der Waals surface area contributed by atoms with Gasteiger partial charge in [-0.2, -0.15) is 4.99 Å². The van der Waals surface area contributed by atoms with E-state index in [9.17, 15) is 9.90 Å². The highest BCUT2D eigenvalue weighted by Gasteiger charge is 2.24. The van der Waals surface area contributed by atoms with E-state index in [4.69, 9.17) is 4.74 Å². The summed E-state index contributed by atoms with van der Waals surface area (Å²) in [5.41, 5.74) is 1.58. The van der Waals surface area contributed by atoms with Gasteiger partial charge in [0.1, 0.15) is 0 Å². The van der Waals surface area contributed by atoms with E-state index in [-0.39, 0.29) is 11.7 Å². The van der Waals surface area contributed by atoms with Gasteiger partial charge in [0.2, 0.25) is 5.13 Å². The Morgan fingerprint density at radius 2 is 2.12 bits per heavy atom. The highest BCUT2D eigenvalue weighted by atomic mass is 32.2. The largest absolute Gasteiger partial charge is 0.504 e. The third-order valence-corrected chi connectivity index (χ3v) is 5.47. The Bertz CT molecular complexity index is 1040. The van der Waals surface area contributed by atoms with Gasteiger partial charge in [-0.25, -0.2) is 4.98 Å². The van der Waals surface area contributed by atoms with Crippen molar-refractivity contribution >= 4 is 55.6 Å². The number of fused-ring (bicyclic) bond motifs is 1. The fourth-order valence-corrected chi connectivity index (χ4v) is 4.15. The van der Waals surface area contributed by atoms with Crippen LogP contribution in [0.15, 0.2) is 52.4 Å². The monoisotopic (exact) mass is 383 g/mol. The van der Waals surface area contributed by atoms with Gasteiger partial charge in [0, 0.05) is 0 Å². The lowest BCUT2D eigenvalue weighted by Crippen LogP contribution is -2.19. The number of phenols is 1. The number of nitrogens with one attached hydrogen (secondary N) is 1. The number of thiazole rings is 1. The molecular formula is C18H13N3O3S2. The number of rotatable bonds is 3. The zero-order chi connectivity index (χ0) is 18.1. The molecule has 1 saturated heterocycles. The summed E-state index contributed by atoms with van der Waals surface area (Å²) in [6.45, 7) is 0. The molecule has 3 aromatic rings. The van der Waals surface area contributed by atoms with Crippen molar-refractivity contribution in [2.45, 2.75) is 0 Å². The Kier molecular flexibility index (Phi) is 4.36. The number of phenolic OH excluding ortho intramolecular Hbond substituents is 1. The van der Waals surface area contributed by atoms with Gasteiger partial charge in [-0.1, -0.05) is 29.5 Å². The quantitative estimate of drug-likeness (QED) is 0.670. The van der Waals surface area contributed by atoms with E-state index in [0.29, 0.717) is 26.5 Å². The van der Waals surface area contributed by atoms with Crippen LogP contribution in [0.4, 0.5) is 5.13 Å². The number of para-hydroxylation sites is 1. The minimum absolute atomic E-state index is 0.0219. The Morgan fingerprint density at radius 1 is 1.27 bits per heavy atom. The van der Waals surface area contributed by atoms with Gasteiger partial charge in [0.05, 0.1) is 22.2 Å². The summed E-state index contributed by atoms with van der Waals surface area (Å²) in [6, 6.07) is 12.8. The highest BCUT2D eigenvalue weighted by Crippen LogP contribution is 2.33. The number of benzene rings is 2. The van der Waals surface area contributed by atoms with Crippen LogP contribution >= 0.6 is 23.1 Å². The molecule has 26 heavy (non-hydrogen) atoms. The van der Waals surface area contributed by atoms with E-state index in [1.165, 1.54) is 30.2 Å². The first-order chi connectivity index (χ1) is 12.6. The fourth-order valence-electron chi connectivity index (χ4n) is 2.42. The van der Waals surface area contributed by atoms with E-state index in [2.05, 4.69) is 15.3 Å². The molecule has 0 atom stereocenters. The lowest BCUT2D eigenvalue weighted by Gasteiger charge is -2.03.